The number of halogens is 1. The predicted molar refractivity (Wildman–Crippen MR) is 79.4 cm³/mol. The topological polar surface area (TPSA) is 52.5 Å². The molecular weight excluding hydrogens is 276 g/mol. The summed E-state index contributed by atoms with van der Waals surface area (Å²) < 4.78 is 0. The van der Waals surface area contributed by atoms with E-state index in [4.69, 9.17) is 21.7 Å². The molecule has 0 amide bonds. The summed E-state index contributed by atoms with van der Waals surface area (Å²) in [6.07, 6.45) is 3.45. The molecule has 0 spiro atoms. The van der Waals surface area contributed by atoms with Gasteiger partial charge >= 0.3 is 0 Å². The van der Waals surface area contributed by atoms with E-state index in [1.807, 2.05) is 6.07 Å². The Morgan fingerprint density at radius 2 is 2.05 bits per heavy atom. The Hall–Kier alpha value is -0.910. The molecule has 5 nitrogen and oxygen atoms in total. The molecule has 2 heterocycles. The average Bonchev–Trinajstić information content (AvgIpc) is 3.26. The smallest absolute Gasteiger partial charge is 0.135 e. The van der Waals surface area contributed by atoms with Crippen molar-refractivity contribution in [3.05, 3.63) is 17.0 Å². The van der Waals surface area contributed by atoms with Gasteiger partial charge in [0.2, 0.25) is 0 Å². The van der Waals surface area contributed by atoms with Crippen molar-refractivity contribution in [3.8, 4) is 0 Å². The Bertz CT molecular complexity index is 466. The van der Waals surface area contributed by atoms with Gasteiger partial charge in [0.1, 0.15) is 16.8 Å². The van der Waals surface area contributed by atoms with E-state index in [-0.39, 0.29) is 6.61 Å². The van der Waals surface area contributed by atoms with E-state index in [0.29, 0.717) is 11.1 Å². The zero-order valence-corrected chi connectivity index (χ0v) is 12.4. The van der Waals surface area contributed by atoms with Crippen LogP contribution in [0.1, 0.15) is 31.0 Å². The van der Waals surface area contributed by atoms with Crippen LogP contribution in [0.15, 0.2) is 6.07 Å². The predicted octanol–water partition coefficient (Wildman–Crippen LogP) is 1.51. The second-order valence-corrected chi connectivity index (χ2v) is 5.97. The summed E-state index contributed by atoms with van der Waals surface area (Å²) in [5.41, 5.74) is 0. The lowest BCUT2D eigenvalue weighted by molar-refractivity contribution is 0.204. The SMILES string of the molecule is OCCN1CCCN(c2cc(Cl)nc(C3CC3)n2)CC1. The van der Waals surface area contributed by atoms with Crippen LogP contribution in [0.25, 0.3) is 0 Å². The molecule has 1 saturated heterocycles. The van der Waals surface area contributed by atoms with Crippen LogP contribution in [-0.4, -0.2) is 59.3 Å². The van der Waals surface area contributed by atoms with Crippen molar-refractivity contribution < 1.29 is 5.11 Å². The van der Waals surface area contributed by atoms with Crippen LogP contribution < -0.4 is 4.90 Å². The maximum Gasteiger partial charge on any atom is 0.135 e. The van der Waals surface area contributed by atoms with Crippen molar-refractivity contribution >= 4 is 17.4 Å². The largest absolute Gasteiger partial charge is 0.395 e. The molecular formula is C14H21ClN4O. The number of aromatic nitrogens is 2. The minimum absolute atomic E-state index is 0.227. The molecule has 1 N–H and O–H groups in total. The second-order valence-electron chi connectivity index (χ2n) is 5.59. The maximum absolute atomic E-state index is 9.04. The molecule has 1 aliphatic carbocycles. The lowest BCUT2D eigenvalue weighted by Crippen LogP contribution is -2.32. The molecule has 1 saturated carbocycles. The van der Waals surface area contributed by atoms with E-state index < -0.39 is 0 Å². The van der Waals surface area contributed by atoms with Gasteiger partial charge in [0.15, 0.2) is 0 Å². The average molecular weight is 297 g/mol. The number of anilines is 1. The van der Waals surface area contributed by atoms with Gasteiger partial charge in [0, 0.05) is 38.2 Å². The normalized spacial score (nSPS) is 21.0. The fourth-order valence-corrected chi connectivity index (χ4v) is 2.86. The molecule has 1 aliphatic heterocycles. The Morgan fingerprint density at radius 1 is 1.20 bits per heavy atom. The standard InChI is InChI=1S/C14H21ClN4O/c15-12-10-13(17-14(16-12)11-2-3-11)19-5-1-4-18(6-7-19)8-9-20/h10-11,20H,1-9H2. The molecule has 2 aliphatic rings. The number of hydrogen-bond acceptors (Lipinski definition) is 5. The van der Waals surface area contributed by atoms with E-state index in [2.05, 4.69) is 14.8 Å². The van der Waals surface area contributed by atoms with E-state index in [9.17, 15) is 0 Å². The van der Waals surface area contributed by atoms with Crippen LogP contribution in [0.2, 0.25) is 5.15 Å². The Labute approximate surface area is 124 Å². The van der Waals surface area contributed by atoms with Gasteiger partial charge in [0.25, 0.3) is 0 Å². The number of nitrogens with zero attached hydrogens (tertiary/aromatic N) is 4. The molecule has 0 atom stereocenters. The first kappa shape index (κ1) is 14.0. The van der Waals surface area contributed by atoms with Crippen molar-refractivity contribution in [3.63, 3.8) is 0 Å². The van der Waals surface area contributed by atoms with Crippen molar-refractivity contribution in [2.24, 2.45) is 0 Å². The molecule has 1 aromatic rings. The number of aliphatic hydroxyl groups excluding tert-OH is 1. The number of hydrogen-bond donors (Lipinski definition) is 1. The first-order valence-corrected chi connectivity index (χ1v) is 7.76. The molecule has 1 aromatic heterocycles. The van der Waals surface area contributed by atoms with Crippen molar-refractivity contribution in [2.75, 3.05) is 44.2 Å². The van der Waals surface area contributed by atoms with E-state index in [1.54, 1.807) is 0 Å². The summed E-state index contributed by atoms with van der Waals surface area (Å²) in [4.78, 5) is 13.6. The lowest BCUT2D eigenvalue weighted by atomic mass is 10.3. The Balaban J connectivity index is 1.71. The third kappa shape index (κ3) is 3.40. The first-order chi connectivity index (χ1) is 9.76. The fourth-order valence-electron chi connectivity index (χ4n) is 2.67. The molecule has 2 fully saturated rings. The van der Waals surface area contributed by atoms with Gasteiger partial charge in [-0.15, -0.1) is 0 Å². The highest BCUT2D eigenvalue weighted by atomic mass is 35.5. The summed E-state index contributed by atoms with van der Waals surface area (Å²) in [5, 5.41) is 9.59. The third-order valence-corrected chi connectivity index (χ3v) is 4.16. The van der Waals surface area contributed by atoms with Gasteiger partial charge < -0.3 is 10.0 Å². The Morgan fingerprint density at radius 3 is 2.80 bits per heavy atom. The zero-order valence-electron chi connectivity index (χ0n) is 11.6. The van der Waals surface area contributed by atoms with Crippen LogP contribution >= 0.6 is 11.6 Å². The van der Waals surface area contributed by atoms with Crippen molar-refractivity contribution in [1.82, 2.24) is 14.9 Å². The van der Waals surface area contributed by atoms with Gasteiger partial charge in [-0.05, 0) is 25.8 Å². The van der Waals surface area contributed by atoms with Gasteiger partial charge in [-0.2, -0.15) is 0 Å². The van der Waals surface area contributed by atoms with Gasteiger partial charge in [-0.25, -0.2) is 9.97 Å². The molecule has 20 heavy (non-hydrogen) atoms. The van der Waals surface area contributed by atoms with Crippen LogP contribution in [0.4, 0.5) is 5.82 Å². The lowest BCUT2D eigenvalue weighted by Gasteiger charge is -2.22. The summed E-state index contributed by atoms with van der Waals surface area (Å²) >= 11 is 6.14. The number of aliphatic hydroxyl groups is 1. The minimum Gasteiger partial charge on any atom is -0.395 e. The highest BCUT2D eigenvalue weighted by Gasteiger charge is 2.28. The molecule has 110 valence electrons. The van der Waals surface area contributed by atoms with Crippen LogP contribution in [0.3, 0.4) is 0 Å². The van der Waals surface area contributed by atoms with E-state index in [0.717, 1.165) is 50.8 Å². The highest BCUT2D eigenvalue weighted by Crippen LogP contribution is 2.39. The second kappa shape index (κ2) is 6.24. The molecule has 0 aromatic carbocycles. The van der Waals surface area contributed by atoms with E-state index >= 15 is 0 Å². The molecule has 0 radical (unpaired) electrons. The summed E-state index contributed by atoms with van der Waals surface area (Å²) in [7, 11) is 0. The first-order valence-electron chi connectivity index (χ1n) is 7.39. The van der Waals surface area contributed by atoms with Crippen LogP contribution in [-0.2, 0) is 0 Å². The molecule has 3 rings (SSSR count). The highest BCUT2D eigenvalue weighted by molar-refractivity contribution is 6.29. The minimum atomic E-state index is 0.227. The van der Waals surface area contributed by atoms with Crippen LogP contribution in [0, 0.1) is 0 Å². The van der Waals surface area contributed by atoms with Gasteiger partial charge in [0.05, 0.1) is 6.61 Å². The fraction of sp³-hybridized carbons (Fsp3) is 0.714. The van der Waals surface area contributed by atoms with Crippen molar-refractivity contribution in [2.45, 2.75) is 25.2 Å². The van der Waals surface area contributed by atoms with E-state index in [1.165, 1.54) is 12.8 Å². The maximum atomic E-state index is 9.04. The summed E-state index contributed by atoms with van der Waals surface area (Å²) in [6, 6.07) is 1.87. The molecule has 6 heteroatoms. The van der Waals surface area contributed by atoms with Crippen molar-refractivity contribution in [1.29, 1.82) is 0 Å². The monoisotopic (exact) mass is 296 g/mol. The summed E-state index contributed by atoms with van der Waals surface area (Å²) in [6.45, 7) is 4.89. The quantitative estimate of drug-likeness (QED) is 0.854. The van der Waals surface area contributed by atoms with Crippen LogP contribution in [0.5, 0.6) is 0 Å². The van der Waals surface area contributed by atoms with Gasteiger partial charge in [-0.1, -0.05) is 11.6 Å². The number of β-amino-alcohol motifs (C(OH)–C–C–N with tert-alkyl or cyclic N) is 1. The number of rotatable bonds is 4. The zero-order chi connectivity index (χ0) is 13.9. The van der Waals surface area contributed by atoms with Gasteiger partial charge in [-0.3, -0.25) is 4.90 Å². The Kier molecular flexibility index (Phi) is 4.38. The molecule has 0 bridgehead atoms. The third-order valence-electron chi connectivity index (χ3n) is 3.97. The molecule has 0 unspecified atom stereocenters. The summed E-state index contributed by atoms with van der Waals surface area (Å²) in [5.74, 6) is 2.38.